The van der Waals surface area contributed by atoms with Crippen LogP contribution in [0, 0.1) is 0 Å². The third-order valence-corrected chi connectivity index (χ3v) is 3.49. The molecular formula is C13H20BrN3O. The molecule has 1 aromatic heterocycles. The summed E-state index contributed by atoms with van der Waals surface area (Å²) in [5, 5.41) is 6.22. The summed E-state index contributed by atoms with van der Waals surface area (Å²) in [7, 11) is 0. The lowest BCUT2D eigenvalue weighted by molar-refractivity contribution is 0.0944. The molecule has 0 saturated heterocycles. The first-order valence-electron chi connectivity index (χ1n) is 6.58. The summed E-state index contributed by atoms with van der Waals surface area (Å²) in [6, 6.07) is 2.43. The van der Waals surface area contributed by atoms with Gasteiger partial charge in [0.05, 0.1) is 0 Å². The minimum absolute atomic E-state index is 0.0316. The summed E-state index contributed by atoms with van der Waals surface area (Å²) >= 11 is 3.44. The van der Waals surface area contributed by atoms with E-state index in [-0.39, 0.29) is 5.91 Å². The van der Waals surface area contributed by atoms with Crippen LogP contribution in [0.3, 0.4) is 0 Å². The molecule has 0 unspecified atom stereocenters. The quantitative estimate of drug-likeness (QED) is 0.759. The number of carbonyl (C=O) groups is 1. The average Bonchev–Trinajstić information content (AvgIpc) is 3.12. The summed E-state index contributed by atoms with van der Waals surface area (Å²) in [5.74, 6) is 0.0316. The summed E-state index contributed by atoms with van der Waals surface area (Å²) in [4.78, 5) is 12.1. The van der Waals surface area contributed by atoms with E-state index < -0.39 is 0 Å². The Hall–Kier alpha value is -0.810. The molecule has 100 valence electrons. The van der Waals surface area contributed by atoms with Gasteiger partial charge in [-0.1, -0.05) is 6.92 Å². The Balaban J connectivity index is 1.84. The van der Waals surface area contributed by atoms with E-state index in [1.54, 1.807) is 0 Å². The van der Waals surface area contributed by atoms with E-state index in [0.29, 0.717) is 6.04 Å². The highest BCUT2D eigenvalue weighted by Gasteiger charge is 2.27. The maximum absolute atomic E-state index is 12.1. The molecule has 0 radical (unpaired) electrons. The van der Waals surface area contributed by atoms with Crippen molar-refractivity contribution >= 4 is 21.8 Å². The topological polar surface area (TPSA) is 46.1 Å². The first-order valence-corrected chi connectivity index (χ1v) is 7.38. The fourth-order valence-corrected chi connectivity index (χ4v) is 2.40. The van der Waals surface area contributed by atoms with Crippen molar-refractivity contribution in [1.82, 2.24) is 15.2 Å². The average molecular weight is 314 g/mol. The van der Waals surface area contributed by atoms with Crippen LogP contribution < -0.4 is 10.6 Å². The molecule has 1 fully saturated rings. The molecule has 0 atom stereocenters. The molecule has 1 amide bonds. The highest BCUT2D eigenvalue weighted by molar-refractivity contribution is 9.10. The molecule has 0 spiro atoms. The molecule has 0 aliphatic heterocycles. The van der Waals surface area contributed by atoms with Gasteiger partial charge in [-0.2, -0.15) is 0 Å². The second-order valence-corrected chi connectivity index (χ2v) is 5.56. The highest BCUT2D eigenvalue weighted by Crippen LogP contribution is 2.37. The van der Waals surface area contributed by atoms with Crippen LogP contribution in [0.25, 0.3) is 0 Å². The van der Waals surface area contributed by atoms with Crippen molar-refractivity contribution in [3.63, 3.8) is 0 Å². The van der Waals surface area contributed by atoms with Crippen LogP contribution in [0.5, 0.6) is 0 Å². The molecule has 4 nitrogen and oxygen atoms in total. The number of aromatic nitrogens is 1. The number of carbonyl (C=O) groups excluding carboxylic acids is 1. The zero-order chi connectivity index (χ0) is 13.0. The van der Waals surface area contributed by atoms with E-state index in [0.717, 1.165) is 36.2 Å². The lowest BCUT2D eigenvalue weighted by Gasteiger charge is -2.08. The van der Waals surface area contributed by atoms with Crippen molar-refractivity contribution in [2.24, 2.45) is 0 Å². The van der Waals surface area contributed by atoms with Gasteiger partial charge in [0, 0.05) is 23.3 Å². The summed E-state index contributed by atoms with van der Waals surface area (Å²) in [5.41, 5.74) is 0.771. The van der Waals surface area contributed by atoms with Crippen molar-refractivity contribution in [2.45, 2.75) is 32.2 Å². The lowest BCUT2D eigenvalue weighted by Crippen LogP contribution is -2.28. The smallest absolute Gasteiger partial charge is 0.267 e. The van der Waals surface area contributed by atoms with Gasteiger partial charge in [0.2, 0.25) is 0 Å². The molecule has 0 aromatic carbocycles. The van der Waals surface area contributed by atoms with Gasteiger partial charge in [0.1, 0.15) is 5.69 Å². The molecule has 1 aliphatic rings. The maximum atomic E-state index is 12.1. The van der Waals surface area contributed by atoms with Gasteiger partial charge in [-0.25, -0.2) is 0 Å². The lowest BCUT2D eigenvalue weighted by atomic mass is 10.3. The van der Waals surface area contributed by atoms with Gasteiger partial charge in [-0.05, 0) is 54.3 Å². The van der Waals surface area contributed by atoms with Crippen molar-refractivity contribution in [2.75, 3.05) is 19.6 Å². The van der Waals surface area contributed by atoms with Crippen molar-refractivity contribution in [1.29, 1.82) is 0 Å². The predicted molar refractivity (Wildman–Crippen MR) is 75.9 cm³/mol. The minimum Gasteiger partial charge on any atom is -0.351 e. The summed E-state index contributed by atoms with van der Waals surface area (Å²) in [6.07, 6.45) is 5.33. The van der Waals surface area contributed by atoms with Crippen LogP contribution in [-0.2, 0) is 0 Å². The molecule has 1 saturated carbocycles. The highest BCUT2D eigenvalue weighted by atomic mass is 79.9. The molecule has 1 aromatic rings. The molecule has 2 N–H and O–H groups in total. The van der Waals surface area contributed by atoms with E-state index in [2.05, 4.69) is 38.1 Å². The van der Waals surface area contributed by atoms with E-state index in [1.165, 1.54) is 12.8 Å². The number of amides is 1. The molecule has 1 heterocycles. The van der Waals surface area contributed by atoms with Gasteiger partial charge in [-0.15, -0.1) is 0 Å². The molecule has 5 heteroatoms. The van der Waals surface area contributed by atoms with E-state index in [9.17, 15) is 4.79 Å². The number of hydrogen-bond acceptors (Lipinski definition) is 2. The van der Waals surface area contributed by atoms with E-state index >= 15 is 0 Å². The largest absolute Gasteiger partial charge is 0.351 e. The number of nitrogens with zero attached hydrogens (tertiary/aromatic N) is 1. The molecule has 18 heavy (non-hydrogen) atoms. The van der Waals surface area contributed by atoms with Crippen LogP contribution in [0.2, 0.25) is 0 Å². The first kappa shape index (κ1) is 13.6. The standard InChI is InChI=1S/C13H20BrN3O/c1-2-15-6-3-7-16-13(18)12-8-10(14)9-17(12)11-4-5-11/h8-9,11,15H,2-7H2,1H3,(H,16,18). The second-order valence-electron chi connectivity index (χ2n) is 4.65. The SMILES string of the molecule is CCNCCCNC(=O)c1cc(Br)cn1C1CC1. The Morgan fingerprint density at radius 2 is 2.28 bits per heavy atom. The Labute approximate surface area is 116 Å². The van der Waals surface area contributed by atoms with E-state index in [4.69, 9.17) is 0 Å². The normalized spacial score (nSPS) is 14.8. The maximum Gasteiger partial charge on any atom is 0.267 e. The Morgan fingerprint density at radius 3 is 2.94 bits per heavy atom. The van der Waals surface area contributed by atoms with Gasteiger partial charge in [0.15, 0.2) is 0 Å². The summed E-state index contributed by atoms with van der Waals surface area (Å²) < 4.78 is 3.07. The third-order valence-electron chi connectivity index (χ3n) is 3.05. The molecule has 2 rings (SSSR count). The zero-order valence-electron chi connectivity index (χ0n) is 10.7. The Bertz CT molecular complexity index is 412. The van der Waals surface area contributed by atoms with Gasteiger partial charge >= 0.3 is 0 Å². The number of rotatable bonds is 7. The molecule has 1 aliphatic carbocycles. The van der Waals surface area contributed by atoms with Crippen LogP contribution in [0.1, 0.15) is 42.7 Å². The predicted octanol–water partition coefficient (Wildman–Crippen LogP) is 2.31. The number of halogens is 1. The van der Waals surface area contributed by atoms with Crippen molar-refractivity contribution in [3.8, 4) is 0 Å². The fourth-order valence-electron chi connectivity index (χ4n) is 1.97. The number of hydrogen-bond donors (Lipinski definition) is 2. The first-order chi connectivity index (χ1) is 8.72. The van der Waals surface area contributed by atoms with Crippen LogP contribution in [0.4, 0.5) is 0 Å². The van der Waals surface area contributed by atoms with Crippen LogP contribution in [0.15, 0.2) is 16.7 Å². The minimum atomic E-state index is 0.0316. The van der Waals surface area contributed by atoms with Crippen molar-refractivity contribution in [3.05, 3.63) is 22.4 Å². The van der Waals surface area contributed by atoms with Gasteiger partial charge in [0.25, 0.3) is 5.91 Å². The Kier molecular flexibility index (Phi) is 4.83. The molecule has 0 bridgehead atoms. The summed E-state index contributed by atoms with van der Waals surface area (Å²) in [6.45, 7) is 4.73. The van der Waals surface area contributed by atoms with Gasteiger partial charge in [-0.3, -0.25) is 4.79 Å². The molecular weight excluding hydrogens is 294 g/mol. The fraction of sp³-hybridized carbons (Fsp3) is 0.615. The zero-order valence-corrected chi connectivity index (χ0v) is 12.3. The van der Waals surface area contributed by atoms with Crippen LogP contribution in [-0.4, -0.2) is 30.1 Å². The number of nitrogens with one attached hydrogen (secondary N) is 2. The second kappa shape index (κ2) is 6.38. The Morgan fingerprint density at radius 1 is 1.50 bits per heavy atom. The third kappa shape index (κ3) is 3.59. The van der Waals surface area contributed by atoms with Crippen molar-refractivity contribution < 1.29 is 4.79 Å². The van der Waals surface area contributed by atoms with Gasteiger partial charge < -0.3 is 15.2 Å². The van der Waals surface area contributed by atoms with Crippen LogP contribution >= 0.6 is 15.9 Å². The monoisotopic (exact) mass is 313 g/mol. The van der Waals surface area contributed by atoms with E-state index in [1.807, 2.05) is 12.3 Å².